The fraction of sp³-hybridized carbons (Fsp3) is 0.143. The molecule has 1 N–H and O–H groups in total. The van der Waals surface area contributed by atoms with Gasteiger partial charge in [0.05, 0.1) is 16.2 Å². The molecule has 0 aliphatic carbocycles. The number of para-hydroxylation sites is 1. The van der Waals surface area contributed by atoms with E-state index in [0.717, 1.165) is 5.69 Å². The predicted molar refractivity (Wildman–Crippen MR) is 78.7 cm³/mol. The van der Waals surface area contributed by atoms with Crippen LogP contribution in [0.5, 0.6) is 0 Å². The summed E-state index contributed by atoms with van der Waals surface area (Å²) in [4.78, 5) is 22.2. The summed E-state index contributed by atoms with van der Waals surface area (Å²) in [5.41, 5.74) is 1.12. The Labute approximate surface area is 121 Å². The van der Waals surface area contributed by atoms with E-state index < -0.39 is 4.92 Å². The normalized spacial score (nSPS) is 10.8. The van der Waals surface area contributed by atoms with E-state index in [9.17, 15) is 14.9 Å². The molecule has 108 valence electrons. The van der Waals surface area contributed by atoms with E-state index in [0.29, 0.717) is 11.4 Å². The highest BCUT2D eigenvalue weighted by Crippen LogP contribution is 2.19. The molecule has 0 saturated heterocycles. The van der Waals surface area contributed by atoms with Gasteiger partial charge in [-0.2, -0.15) is 5.10 Å². The monoisotopic (exact) mass is 286 g/mol. The predicted octanol–water partition coefficient (Wildman–Crippen LogP) is 2.29. The summed E-state index contributed by atoms with van der Waals surface area (Å²) >= 11 is 0. The molecular formula is C14H14N4O3. The topological polar surface area (TPSA) is 90.1 Å². The van der Waals surface area contributed by atoms with Crippen molar-refractivity contribution in [2.45, 2.75) is 6.92 Å². The molecular weight excluding hydrogens is 272 g/mol. The molecule has 0 spiro atoms. The van der Waals surface area contributed by atoms with Gasteiger partial charge in [0, 0.05) is 25.3 Å². The largest absolute Gasteiger partial charge is 0.307 e. The van der Waals surface area contributed by atoms with Crippen LogP contribution in [0, 0.1) is 17.0 Å². The Balaban J connectivity index is 2.13. The minimum atomic E-state index is -0.484. The Morgan fingerprint density at radius 3 is 2.76 bits per heavy atom. The number of amides is 1. The van der Waals surface area contributed by atoms with Crippen molar-refractivity contribution in [3.05, 3.63) is 57.8 Å². The summed E-state index contributed by atoms with van der Waals surface area (Å²) < 4.78 is 1.55. The van der Waals surface area contributed by atoms with Gasteiger partial charge in [-0.15, -0.1) is 0 Å². The van der Waals surface area contributed by atoms with Crippen LogP contribution in [0.2, 0.25) is 0 Å². The van der Waals surface area contributed by atoms with Gasteiger partial charge in [0.25, 0.3) is 5.69 Å². The highest BCUT2D eigenvalue weighted by Gasteiger charge is 2.10. The van der Waals surface area contributed by atoms with Crippen molar-refractivity contribution >= 4 is 23.5 Å². The molecule has 2 aromatic rings. The van der Waals surface area contributed by atoms with E-state index in [2.05, 4.69) is 10.4 Å². The van der Waals surface area contributed by atoms with Crippen molar-refractivity contribution in [3.8, 4) is 0 Å². The molecule has 21 heavy (non-hydrogen) atoms. The van der Waals surface area contributed by atoms with Crippen molar-refractivity contribution in [2.75, 3.05) is 5.32 Å². The molecule has 1 amide bonds. The summed E-state index contributed by atoms with van der Waals surface area (Å²) in [5.74, 6) is 0.181. The van der Waals surface area contributed by atoms with Crippen LogP contribution in [-0.2, 0) is 11.8 Å². The van der Waals surface area contributed by atoms with E-state index in [4.69, 9.17) is 0 Å². The standard InChI is InChI=1S/C14H14N4O3/c1-10-9-13(17(2)16-10)15-14(19)8-7-11-5-3-4-6-12(11)18(20)21/h3-9H,1-2H3,(H,15,19)/b8-7+. The highest BCUT2D eigenvalue weighted by atomic mass is 16.6. The maximum absolute atomic E-state index is 11.8. The first-order valence-corrected chi connectivity index (χ1v) is 6.20. The van der Waals surface area contributed by atoms with Crippen LogP contribution in [0.1, 0.15) is 11.3 Å². The molecule has 1 heterocycles. The minimum Gasteiger partial charge on any atom is -0.307 e. The van der Waals surface area contributed by atoms with Gasteiger partial charge in [-0.05, 0) is 19.1 Å². The molecule has 1 aromatic carbocycles. The van der Waals surface area contributed by atoms with Gasteiger partial charge in [-0.1, -0.05) is 12.1 Å². The average molecular weight is 286 g/mol. The van der Waals surface area contributed by atoms with Crippen molar-refractivity contribution in [1.82, 2.24) is 9.78 Å². The molecule has 7 nitrogen and oxygen atoms in total. The molecule has 0 aliphatic rings. The number of aromatic nitrogens is 2. The molecule has 7 heteroatoms. The number of carbonyl (C=O) groups excluding carboxylic acids is 1. The van der Waals surface area contributed by atoms with Gasteiger partial charge < -0.3 is 5.32 Å². The first kappa shape index (κ1) is 14.4. The molecule has 0 fully saturated rings. The SMILES string of the molecule is Cc1cc(NC(=O)/C=C/c2ccccc2[N+](=O)[O-])n(C)n1. The number of hydrogen-bond donors (Lipinski definition) is 1. The second-order valence-electron chi connectivity index (χ2n) is 4.43. The summed E-state index contributed by atoms with van der Waals surface area (Å²) in [6.07, 6.45) is 2.67. The zero-order chi connectivity index (χ0) is 15.4. The van der Waals surface area contributed by atoms with Crippen LogP contribution >= 0.6 is 0 Å². The van der Waals surface area contributed by atoms with Gasteiger partial charge >= 0.3 is 0 Å². The first-order valence-electron chi connectivity index (χ1n) is 6.20. The minimum absolute atomic E-state index is 0.0436. The van der Waals surface area contributed by atoms with Crippen LogP contribution in [0.4, 0.5) is 11.5 Å². The lowest BCUT2D eigenvalue weighted by Gasteiger charge is -2.01. The van der Waals surface area contributed by atoms with Crippen LogP contribution < -0.4 is 5.32 Å². The molecule has 0 aliphatic heterocycles. The van der Waals surface area contributed by atoms with Crippen molar-refractivity contribution in [1.29, 1.82) is 0 Å². The fourth-order valence-electron chi connectivity index (χ4n) is 1.86. The van der Waals surface area contributed by atoms with E-state index in [-0.39, 0.29) is 11.6 Å². The van der Waals surface area contributed by atoms with Gasteiger partial charge in [0.2, 0.25) is 5.91 Å². The zero-order valence-electron chi connectivity index (χ0n) is 11.6. The van der Waals surface area contributed by atoms with E-state index in [1.165, 1.54) is 18.2 Å². The van der Waals surface area contributed by atoms with E-state index in [1.54, 1.807) is 36.0 Å². The number of nitro benzene ring substituents is 1. The Morgan fingerprint density at radius 2 is 2.14 bits per heavy atom. The highest BCUT2D eigenvalue weighted by molar-refractivity contribution is 6.01. The number of hydrogen-bond acceptors (Lipinski definition) is 4. The summed E-state index contributed by atoms with van der Waals surface area (Å²) in [6.45, 7) is 1.82. The van der Waals surface area contributed by atoms with Crippen LogP contribution in [0.3, 0.4) is 0 Å². The Morgan fingerprint density at radius 1 is 1.43 bits per heavy atom. The number of nitrogens with zero attached hydrogens (tertiary/aromatic N) is 3. The number of anilines is 1. The lowest BCUT2D eigenvalue weighted by Crippen LogP contribution is -2.11. The lowest BCUT2D eigenvalue weighted by atomic mass is 10.1. The zero-order valence-corrected chi connectivity index (χ0v) is 11.6. The van der Waals surface area contributed by atoms with E-state index >= 15 is 0 Å². The molecule has 0 radical (unpaired) electrons. The Bertz CT molecular complexity index is 719. The second kappa shape index (κ2) is 6.00. The number of nitrogens with one attached hydrogen (secondary N) is 1. The third kappa shape index (κ3) is 3.53. The smallest absolute Gasteiger partial charge is 0.276 e. The molecule has 0 unspecified atom stereocenters. The summed E-state index contributed by atoms with van der Waals surface area (Å²) in [6, 6.07) is 7.96. The van der Waals surface area contributed by atoms with Crippen LogP contribution in [0.25, 0.3) is 6.08 Å². The summed E-state index contributed by atoms with van der Waals surface area (Å²) in [7, 11) is 1.72. The molecule has 0 saturated carbocycles. The number of rotatable bonds is 4. The number of nitro groups is 1. The van der Waals surface area contributed by atoms with E-state index in [1.807, 2.05) is 6.92 Å². The average Bonchev–Trinajstić information content (AvgIpc) is 2.74. The van der Waals surface area contributed by atoms with Gasteiger partial charge in [0.15, 0.2) is 0 Å². The van der Waals surface area contributed by atoms with Gasteiger partial charge in [-0.3, -0.25) is 19.6 Å². The van der Waals surface area contributed by atoms with Crippen LogP contribution in [0.15, 0.2) is 36.4 Å². The maximum atomic E-state index is 11.8. The van der Waals surface area contributed by atoms with Crippen molar-refractivity contribution in [2.24, 2.45) is 7.05 Å². The quantitative estimate of drug-likeness (QED) is 0.530. The third-order valence-corrected chi connectivity index (χ3v) is 2.80. The van der Waals surface area contributed by atoms with Gasteiger partial charge in [-0.25, -0.2) is 0 Å². The van der Waals surface area contributed by atoms with Crippen LogP contribution in [-0.4, -0.2) is 20.6 Å². The number of aryl methyl sites for hydroxylation is 2. The van der Waals surface area contributed by atoms with Gasteiger partial charge in [0.1, 0.15) is 5.82 Å². The Hall–Kier alpha value is -2.96. The molecule has 2 rings (SSSR count). The molecule has 0 atom stereocenters. The maximum Gasteiger partial charge on any atom is 0.276 e. The lowest BCUT2D eigenvalue weighted by molar-refractivity contribution is -0.385. The van der Waals surface area contributed by atoms with Crippen molar-refractivity contribution in [3.63, 3.8) is 0 Å². The number of carbonyl (C=O) groups is 1. The molecule has 0 bridgehead atoms. The number of benzene rings is 1. The summed E-state index contributed by atoms with van der Waals surface area (Å²) in [5, 5.41) is 17.6. The Kier molecular flexibility index (Phi) is 4.13. The molecule has 1 aromatic heterocycles. The third-order valence-electron chi connectivity index (χ3n) is 2.80. The fourth-order valence-corrected chi connectivity index (χ4v) is 1.86. The first-order chi connectivity index (χ1) is 9.97. The second-order valence-corrected chi connectivity index (χ2v) is 4.43. The van der Waals surface area contributed by atoms with Crippen molar-refractivity contribution < 1.29 is 9.72 Å².